The molecule has 1 aliphatic rings. The van der Waals surface area contributed by atoms with Gasteiger partial charge in [-0.25, -0.2) is 10.8 Å². The zero-order chi connectivity index (χ0) is 13.8. The SMILES string of the molecule is COCCN(C(=O)c1cc(Cl)nc(NN)c1)C1CC1. The van der Waals surface area contributed by atoms with Crippen LogP contribution in [0.15, 0.2) is 12.1 Å². The maximum Gasteiger partial charge on any atom is 0.254 e. The molecule has 1 saturated carbocycles. The summed E-state index contributed by atoms with van der Waals surface area (Å²) in [5, 5.41) is 0.237. The van der Waals surface area contributed by atoms with Gasteiger partial charge in [0.05, 0.1) is 6.61 Å². The van der Waals surface area contributed by atoms with E-state index in [4.69, 9.17) is 22.2 Å². The van der Waals surface area contributed by atoms with E-state index in [1.807, 2.05) is 4.90 Å². The van der Waals surface area contributed by atoms with Crippen LogP contribution in [-0.4, -0.2) is 42.1 Å². The van der Waals surface area contributed by atoms with E-state index in [1.165, 1.54) is 0 Å². The van der Waals surface area contributed by atoms with E-state index in [2.05, 4.69) is 10.4 Å². The van der Waals surface area contributed by atoms with Gasteiger partial charge in [-0.1, -0.05) is 11.6 Å². The number of carbonyl (C=O) groups excluding carboxylic acids is 1. The van der Waals surface area contributed by atoms with Crippen LogP contribution in [0.25, 0.3) is 0 Å². The van der Waals surface area contributed by atoms with E-state index in [1.54, 1.807) is 19.2 Å². The van der Waals surface area contributed by atoms with Crippen molar-refractivity contribution in [3.63, 3.8) is 0 Å². The summed E-state index contributed by atoms with van der Waals surface area (Å²) in [6, 6.07) is 3.45. The smallest absolute Gasteiger partial charge is 0.254 e. The minimum absolute atomic E-state index is 0.0691. The van der Waals surface area contributed by atoms with Crippen molar-refractivity contribution in [2.75, 3.05) is 25.7 Å². The fourth-order valence-corrected chi connectivity index (χ4v) is 2.09. The molecule has 1 aromatic rings. The quantitative estimate of drug-likeness (QED) is 0.467. The molecule has 7 heteroatoms. The second-order valence-electron chi connectivity index (χ2n) is 4.43. The summed E-state index contributed by atoms with van der Waals surface area (Å²) in [4.78, 5) is 18.2. The molecule has 104 valence electrons. The number of pyridine rings is 1. The number of amides is 1. The first-order chi connectivity index (χ1) is 9.15. The van der Waals surface area contributed by atoms with Gasteiger partial charge in [-0.3, -0.25) is 4.79 Å². The van der Waals surface area contributed by atoms with E-state index in [-0.39, 0.29) is 11.1 Å². The van der Waals surface area contributed by atoms with E-state index in [9.17, 15) is 4.79 Å². The number of carbonyl (C=O) groups is 1. The number of nitrogen functional groups attached to an aromatic ring is 1. The Morgan fingerprint density at radius 2 is 2.37 bits per heavy atom. The van der Waals surface area contributed by atoms with Gasteiger partial charge in [-0.15, -0.1) is 0 Å². The number of anilines is 1. The molecule has 1 heterocycles. The number of nitrogens with one attached hydrogen (secondary N) is 1. The summed E-state index contributed by atoms with van der Waals surface area (Å²) >= 11 is 5.87. The highest BCUT2D eigenvalue weighted by atomic mass is 35.5. The predicted molar refractivity (Wildman–Crippen MR) is 73.0 cm³/mol. The van der Waals surface area contributed by atoms with Crippen LogP contribution in [0, 0.1) is 0 Å². The van der Waals surface area contributed by atoms with Gasteiger partial charge in [0.2, 0.25) is 0 Å². The number of ether oxygens (including phenoxy) is 1. The number of hydrazine groups is 1. The first-order valence-corrected chi connectivity index (χ1v) is 6.47. The van der Waals surface area contributed by atoms with E-state index < -0.39 is 0 Å². The van der Waals surface area contributed by atoms with Crippen LogP contribution in [0.2, 0.25) is 5.15 Å². The Labute approximate surface area is 116 Å². The van der Waals surface area contributed by atoms with Crippen molar-refractivity contribution in [2.24, 2.45) is 5.84 Å². The Morgan fingerprint density at radius 3 is 2.95 bits per heavy atom. The summed E-state index contributed by atoms with van der Waals surface area (Å²) in [6.45, 7) is 1.09. The molecule has 0 saturated heterocycles. The first kappa shape index (κ1) is 14.0. The van der Waals surface area contributed by atoms with Crippen molar-refractivity contribution in [1.29, 1.82) is 0 Å². The Balaban J connectivity index is 2.18. The van der Waals surface area contributed by atoms with Crippen molar-refractivity contribution in [2.45, 2.75) is 18.9 Å². The molecule has 0 unspecified atom stereocenters. The number of hydrogen-bond donors (Lipinski definition) is 2. The summed E-state index contributed by atoms with van der Waals surface area (Å²) < 4.78 is 5.04. The molecule has 2 rings (SSSR count). The van der Waals surface area contributed by atoms with Crippen molar-refractivity contribution < 1.29 is 9.53 Å². The van der Waals surface area contributed by atoms with Gasteiger partial charge in [-0.2, -0.15) is 0 Å². The van der Waals surface area contributed by atoms with Crippen LogP contribution in [0.1, 0.15) is 23.2 Å². The molecule has 3 N–H and O–H groups in total. The van der Waals surface area contributed by atoms with Gasteiger partial charge in [-0.05, 0) is 25.0 Å². The standard InChI is InChI=1S/C12H17ClN4O2/c1-19-5-4-17(9-2-3-9)12(18)8-6-10(13)15-11(7-8)16-14/h6-7,9H,2-5,14H2,1H3,(H,15,16). The lowest BCUT2D eigenvalue weighted by molar-refractivity contribution is 0.0680. The van der Waals surface area contributed by atoms with Gasteiger partial charge in [0, 0.05) is 25.3 Å². The van der Waals surface area contributed by atoms with Gasteiger partial charge >= 0.3 is 0 Å². The van der Waals surface area contributed by atoms with Crippen molar-refractivity contribution >= 4 is 23.3 Å². The van der Waals surface area contributed by atoms with Gasteiger partial charge in [0.15, 0.2) is 0 Å². The normalized spacial score (nSPS) is 14.3. The third-order valence-corrected chi connectivity index (χ3v) is 3.17. The first-order valence-electron chi connectivity index (χ1n) is 6.10. The number of halogens is 1. The minimum atomic E-state index is -0.0691. The molecule has 1 aromatic heterocycles. The molecule has 0 bridgehead atoms. The zero-order valence-corrected chi connectivity index (χ0v) is 11.5. The van der Waals surface area contributed by atoms with Crippen LogP contribution in [-0.2, 0) is 4.74 Å². The zero-order valence-electron chi connectivity index (χ0n) is 10.7. The highest BCUT2D eigenvalue weighted by molar-refractivity contribution is 6.29. The average Bonchev–Trinajstić information content (AvgIpc) is 3.22. The molecule has 19 heavy (non-hydrogen) atoms. The van der Waals surface area contributed by atoms with E-state index >= 15 is 0 Å². The van der Waals surface area contributed by atoms with Crippen LogP contribution in [0.5, 0.6) is 0 Å². The topological polar surface area (TPSA) is 80.5 Å². The van der Waals surface area contributed by atoms with Crippen LogP contribution < -0.4 is 11.3 Å². The molecule has 1 amide bonds. The third-order valence-electron chi connectivity index (χ3n) is 2.97. The van der Waals surface area contributed by atoms with E-state index in [0.717, 1.165) is 12.8 Å². The highest BCUT2D eigenvalue weighted by Gasteiger charge is 2.33. The second-order valence-corrected chi connectivity index (χ2v) is 4.82. The van der Waals surface area contributed by atoms with Crippen LogP contribution in [0.4, 0.5) is 5.82 Å². The predicted octanol–water partition coefficient (Wildman–Crippen LogP) is 1.27. The maximum atomic E-state index is 12.5. The Bertz CT molecular complexity index is 465. The average molecular weight is 285 g/mol. The molecule has 0 spiro atoms. The number of nitrogens with two attached hydrogens (primary N) is 1. The van der Waals surface area contributed by atoms with Gasteiger partial charge in [0.1, 0.15) is 11.0 Å². The Kier molecular flexibility index (Phi) is 4.57. The number of rotatable bonds is 6. The third kappa shape index (κ3) is 3.56. The fraction of sp³-hybridized carbons (Fsp3) is 0.500. The van der Waals surface area contributed by atoms with E-state index in [0.29, 0.717) is 30.6 Å². The molecule has 6 nitrogen and oxygen atoms in total. The maximum absolute atomic E-state index is 12.5. The van der Waals surface area contributed by atoms with Crippen molar-refractivity contribution in [3.8, 4) is 0 Å². The fourth-order valence-electron chi connectivity index (χ4n) is 1.89. The highest BCUT2D eigenvalue weighted by Crippen LogP contribution is 2.28. The largest absolute Gasteiger partial charge is 0.383 e. The van der Waals surface area contributed by atoms with Crippen molar-refractivity contribution in [1.82, 2.24) is 9.88 Å². The molecule has 1 fully saturated rings. The molecule has 0 aromatic carbocycles. The van der Waals surface area contributed by atoms with Crippen LogP contribution in [0.3, 0.4) is 0 Å². The molecular formula is C12H17ClN4O2. The molecule has 1 aliphatic carbocycles. The monoisotopic (exact) mass is 284 g/mol. The summed E-state index contributed by atoms with van der Waals surface area (Å²) in [7, 11) is 1.62. The number of aromatic nitrogens is 1. The molecule has 0 atom stereocenters. The molecule has 0 radical (unpaired) electrons. The number of hydrogen-bond acceptors (Lipinski definition) is 5. The number of methoxy groups -OCH3 is 1. The van der Waals surface area contributed by atoms with Gasteiger partial charge in [0.25, 0.3) is 5.91 Å². The summed E-state index contributed by atoms with van der Waals surface area (Å²) in [5.74, 6) is 5.60. The lowest BCUT2D eigenvalue weighted by Gasteiger charge is -2.22. The van der Waals surface area contributed by atoms with Crippen molar-refractivity contribution in [3.05, 3.63) is 22.8 Å². The summed E-state index contributed by atoms with van der Waals surface area (Å²) in [5.41, 5.74) is 2.88. The molecular weight excluding hydrogens is 268 g/mol. The Morgan fingerprint density at radius 1 is 1.63 bits per heavy atom. The lowest BCUT2D eigenvalue weighted by Crippen LogP contribution is -2.36. The Hall–Kier alpha value is -1.37. The second kappa shape index (κ2) is 6.18. The number of nitrogens with zero attached hydrogens (tertiary/aromatic N) is 2. The van der Waals surface area contributed by atoms with Crippen LogP contribution >= 0.6 is 11.6 Å². The molecule has 0 aliphatic heterocycles. The summed E-state index contributed by atoms with van der Waals surface area (Å²) in [6.07, 6.45) is 2.08. The lowest BCUT2D eigenvalue weighted by atomic mass is 10.2. The minimum Gasteiger partial charge on any atom is -0.383 e. The van der Waals surface area contributed by atoms with Gasteiger partial charge < -0.3 is 15.1 Å².